The third kappa shape index (κ3) is 2.88. The molecule has 25 heavy (non-hydrogen) atoms. The lowest BCUT2D eigenvalue weighted by atomic mass is 9.79. The third-order valence-corrected chi connectivity index (χ3v) is 4.35. The number of hydrogen-bond acceptors (Lipinski definition) is 7. The number of rotatable bonds is 4. The lowest BCUT2D eigenvalue weighted by Gasteiger charge is -2.09. The highest BCUT2D eigenvalue weighted by Gasteiger charge is 2.28. The summed E-state index contributed by atoms with van der Waals surface area (Å²) in [5.41, 5.74) is 3.51. The summed E-state index contributed by atoms with van der Waals surface area (Å²) >= 11 is 0. The highest BCUT2D eigenvalue weighted by Crippen LogP contribution is 2.29. The summed E-state index contributed by atoms with van der Waals surface area (Å²) in [6.45, 7) is 0.739. The molecule has 8 nitrogen and oxygen atoms in total. The van der Waals surface area contributed by atoms with Gasteiger partial charge in [-0.3, -0.25) is 14.7 Å². The predicted octanol–water partition coefficient (Wildman–Crippen LogP) is -0.298. The van der Waals surface area contributed by atoms with E-state index in [-0.39, 0.29) is 5.91 Å². The van der Waals surface area contributed by atoms with Gasteiger partial charge in [0.15, 0.2) is 0 Å². The standard InChI is InChI=1S/C16H16BN5O3/c1-22-14(23)5-12-15(20-9-21-16(12)22)19-8-18-6-10-2-3-13-11(4-10)7-25-17(13)24/h2-4,6,9,24H,5,7-8H2,1H3,(H,19,20,21)/b18-6+. The smallest absolute Gasteiger partial charge is 0.423 e. The van der Waals surface area contributed by atoms with Crippen molar-refractivity contribution in [2.75, 3.05) is 23.9 Å². The molecule has 0 bridgehead atoms. The molecule has 3 heterocycles. The van der Waals surface area contributed by atoms with Crippen LogP contribution in [0.3, 0.4) is 0 Å². The van der Waals surface area contributed by atoms with E-state index in [1.165, 1.54) is 11.2 Å². The van der Waals surface area contributed by atoms with Gasteiger partial charge in [-0.25, -0.2) is 9.97 Å². The Labute approximate surface area is 144 Å². The van der Waals surface area contributed by atoms with Crippen LogP contribution in [0, 0.1) is 0 Å². The average molecular weight is 337 g/mol. The summed E-state index contributed by atoms with van der Waals surface area (Å²) in [6, 6.07) is 5.68. The van der Waals surface area contributed by atoms with Crippen LogP contribution in [0.1, 0.15) is 16.7 Å². The van der Waals surface area contributed by atoms with E-state index in [9.17, 15) is 9.82 Å². The fraction of sp³-hybridized carbons (Fsp3) is 0.250. The van der Waals surface area contributed by atoms with Crippen LogP contribution in [-0.4, -0.2) is 47.9 Å². The van der Waals surface area contributed by atoms with E-state index in [0.29, 0.717) is 31.3 Å². The molecule has 2 aromatic rings. The fourth-order valence-electron chi connectivity index (χ4n) is 3.00. The van der Waals surface area contributed by atoms with E-state index in [1.807, 2.05) is 18.2 Å². The first kappa shape index (κ1) is 15.7. The number of likely N-dealkylation sites (N-methyl/N-ethyl adjacent to an activating group) is 1. The maximum absolute atomic E-state index is 11.8. The summed E-state index contributed by atoms with van der Waals surface area (Å²) in [5.74, 6) is 1.28. The molecule has 1 aromatic carbocycles. The fourth-order valence-corrected chi connectivity index (χ4v) is 3.00. The van der Waals surface area contributed by atoms with Crippen LogP contribution < -0.4 is 15.7 Å². The Kier molecular flexibility index (Phi) is 3.94. The quantitative estimate of drug-likeness (QED) is 0.587. The SMILES string of the molecule is CN1C(=O)Cc2c(NC/N=C/c3ccc4c(c3)COB4O)ncnc21. The molecule has 1 aromatic heterocycles. The van der Waals surface area contributed by atoms with E-state index in [1.54, 1.807) is 13.3 Å². The van der Waals surface area contributed by atoms with Gasteiger partial charge in [0, 0.05) is 18.8 Å². The normalized spacial score (nSPS) is 15.8. The zero-order valence-electron chi connectivity index (χ0n) is 13.6. The van der Waals surface area contributed by atoms with Crippen molar-refractivity contribution in [1.29, 1.82) is 0 Å². The summed E-state index contributed by atoms with van der Waals surface area (Å²) in [5, 5.41) is 12.7. The van der Waals surface area contributed by atoms with Crippen molar-refractivity contribution in [1.82, 2.24) is 9.97 Å². The first-order valence-electron chi connectivity index (χ1n) is 7.90. The van der Waals surface area contributed by atoms with Gasteiger partial charge in [-0.05, 0) is 22.7 Å². The van der Waals surface area contributed by atoms with Gasteiger partial charge in [-0.1, -0.05) is 12.1 Å². The van der Waals surface area contributed by atoms with Crippen molar-refractivity contribution >= 4 is 36.3 Å². The number of hydrogen-bond donors (Lipinski definition) is 2. The van der Waals surface area contributed by atoms with E-state index in [2.05, 4.69) is 20.3 Å². The van der Waals surface area contributed by atoms with Gasteiger partial charge in [-0.15, -0.1) is 0 Å². The number of amides is 1. The average Bonchev–Trinajstić information content (AvgIpc) is 3.13. The van der Waals surface area contributed by atoms with Crippen LogP contribution in [0.4, 0.5) is 11.6 Å². The molecule has 126 valence electrons. The molecular weight excluding hydrogens is 321 g/mol. The second-order valence-corrected chi connectivity index (χ2v) is 5.92. The zero-order chi connectivity index (χ0) is 17.4. The molecule has 4 rings (SSSR count). The molecule has 0 fully saturated rings. The second-order valence-electron chi connectivity index (χ2n) is 5.92. The van der Waals surface area contributed by atoms with Crippen molar-refractivity contribution in [3.63, 3.8) is 0 Å². The van der Waals surface area contributed by atoms with E-state index in [4.69, 9.17) is 4.65 Å². The number of fused-ring (bicyclic) bond motifs is 2. The zero-order valence-corrected chi connectivity index (χ0v) is 13.6. The van der Waals surface area contributed by atoms with Gasteiger partial charge in [-0.2, -0.15) is 0 Å². The molecule has 1 amide bonds. The lowest BCUT2D eigenvalue weighted by Crippen LogP contribution is -2.27. The van der Waals surface area contributed by atoms with Gasteiger partial charge in [0.2, 0.25) is 5.91 Å². The number of nitrogens with zero attached hydrogens (tertiary/aromatic N) is 4. The van der Waals surface area contributed by atoms with Crippen molar-refractivity contribution in [2.24, 2.45) is 4.99 Å². The Balaban J connectivity index is 1.42. The molecule has 0 radical (unpaired) electrons. The van der Waals surface area contributed by atoms with Gasteiger partial charge in [0.25, 0.3) is 0 Å². The summed E-state index contributed by atoms with van der Waals surface area (Å²) < 4.78 is 5.17. The van der Waals surface area contributed by atoms with Crippen LogP contribution in [-0.2, 0) is 22.5 Å². The first-order valence-corrected chi connectivity index (χ1v) is 7.90. The molecule has 0 saturated heterocycles. The highest BCUT2D eigenvalue weighted by atomic mass is 16.5. The largest absolute Gasteiger partial charge is 0.491 e. The van der Waals surface area contributed by atoms with Crippen molar-refractivity contribution < 1.29 is 14.5 Å². The monoisotopic (exact) mass is 337 g/mol. The van der Waals surface area contributed by atoms with E-state index >= 15 is 0 Å². The minimum atomic E-state index is -0.830. The van der Waals surface area contributed by atoms with Crippen molar-refractivity contribution in [2.45, 2.75) is 13.0 Å². The van der Waals surface area contributed by atoms with Crippen LogP contribution >= 0.6 is 0 Å². The number of nitrogens with one attached hydrogen (secondary N) is 1. The Morgan fingerprint density at radius 1 is 1.48 bits per heavy atom. The number of anilines is 2. The summed E-state index contributed by atoms with van der Waals surface area (Å²) in [6.07, 6.45) is 3.48. The van der Waals surface area contributed by atoms with Gasteiger partial charge in [0.1, 0.15) is 24.6 Å². The van der Waals surface area contributed by atoms with Gasteiger partial charge >= 0.3 is 7.12 Å². The third-order valence-electron chi connectivity index (χ3n) is 4.35. The Morgan fingerprint density at radius 2 is 2.36 bits per heavy atom. The Hall–Kier alpha value is -2.78. The van der Waals surface area contributed by atoms with Gasteiger partial charge < -0.3 is 15.0 Å². The maximum atomic E-state index is 11.8. The molecule has 2 aliphatic rings. The number of aromatic nitrogens is 2. The minimum absolute atomic E-state index is 0.00426. The molecule has 0 aliphatic carbocycles. The lowest BCUT2D eigenvalue weighted by molar-refractivity contribution is -0.117. The van der Waals surface area contributed by atoms with E-state index in [0.717, 1.165) is 22.2 Å². The first-order chi connectivity index (χ1) is 12.1. The topological polar surface area (TPSA) is 99.9 Å². The van der Waals surface area contributed by atoms with Crippen LogP contribution in [0.15, 0.2) is 29.5 Å². The van der Waals surface area contributed by atoms with Crippen LogP contribution in [0.5, 0.6) is 0 Å². The van der Waals surface area contributed by atoms with E-state index < -0.39 is 7.12 Å². The summed E-state index contributed by atoms with van der Waals surface area (Å²) in [4.78, 5) is 26.0. The van der Waals surface area contributed by atoms with Crippen LogP contribution in [0.2, 0.25) is 0 Å². The predicted molar refractivity (Wildman–Crippen MR) is 94.1 cm³/mol. The number of carbonyl (C=O) groups is 1. The molecule has 0 unspecified atom stereocenters. The number of carbonyl (C=O) groups excluding carboxylic acids is 1. The number of aliphatic imine (C=N–C) groups is 1. The highest BCUT2D eigenvalue weighted by molar-refractivity contribution is 6.61. The molecular formula is C16H16BN5O3. The Bertz CT molecular complexity index is 873. The molecule has 2 aliphatic heterocycles. The van der Waals surface area contributed by atoms with Crippen LogP contribution in [0.25, 0.3) is 0 Å². The van der Waals surface area contributed by atoms with Crippen molar-refractivity contribution in [3.8, 4) is 0 Å². The Morgan fingerprint density at radius 3 is 3.24 bits per heavy atom. The molecule has 2 N–H and O–H groups in total. The van der Waals surface area contributed by atoms with Crippen molar-refractivity contribution in [3.05, 3.63) is 41.2 Å². The molecule has 0 spiro atoms. The molecule has 0 atom stereocenters. The maximum Gasteiger partial charge on any atom is 0.491 e. The van der Waals surface area contributed by atoms with Gasteiger partial charge in [0.05, 0.1) is 13.0 Å². The molecule has 9 heteroatoms. The molecule has 0 saturated carbocycles. The second kappa shape index (κ2) is 6.27. The number of benzene rings is 1. The summed E-state index contributed by atoms with van der Waals surface area (Å²) in [7, 11) is 0.876. The minimum Gasteiger partial charge on any atom is -0.423 e.